The summed E-state index contributed by atoms with van der Waals surface area (Å²) in [6.07, 6.45) is 6.67. The Kier molecular flexibility index (Phi) is 5.22. The maximum atomic E-state index is 12.2. The molecular formula is C17H24N2O. The average Bonchev–Trinajstić information content (AvgIpc) is 2.94. The van der Waals surface area contributed by atoms with Crippen LogP contribution in [0, 0.1) is 5.92 Å². The number of hydrogen-bond donors (Lipinski definition) is 2. The Morgan fingerprint density at radius 2 is 2.15 bits per heavy atom. The Morgan fingerprint density at radius 1 is 1.30 bits per heavy atom. The summed E-state index contributed by atoms with van der Waals surface area (Å²) in [5, 5.41) is 4.15. The number of carbonyl (C=O) groups excluding carboxylic acids is 1. The zero-order chi connectivity index (χ0) is 14.4. The molecule has 0 spiro atoms. The number of rotatable bonds is 7. The molecule has 0 radical (unpaired) electrons. The molecule has 1 aromatic heterocycles. The zero-order valence-electron chi connectivity index (χ0n) is 12.4. The number of benzene rings is 1. The van der Waals surface area contributed by atoms with Gasteiger partial charge in [-0.1, -0.05) is 33.1 Å². The van der Waals surface area contributed by atoms with Crippen LogP contribution in [0.4, 0.5) is 0 Å². The SMILES string of the molecule is CCCCC(CC)CNC(=O)c1ccc2[nH]ccc2c1. The van der Waals surface area contributed by atoms with E-state index >= 15 is 0 Å². The number of fused-ring (bicyclic) bond motifs is 1. The van der Waals surface area contributed by atoms with Gasteiger partial charge in [0.15, 0.2) is 0 Å². The second-order valence-corrected chi connectivity index (χ2v) is 5.41. The van der Waals surface area contributed by atoms with Crippen molar-refractivity contribution in [3.63, 3.8) is 0 Å². The van der Waals surface area contributed by atoms with Gasteiger partial charge in [0, 0.05) is 29.2 Å². The molecule has 0 saturated carbocycles. The number of hydrogen-bond acceptors (Lipinski definition) is 1. The predicted octanol–water partition coefficient (Wildman–Crippen LogP) is 4.11. The summed E-state index contributed by atoms with van der Waals surface area (Å²) in [7, 11) is 0. The van der Waals surface area contributed by atoms with Gasteiger partial charge < -0.3 is 10.3 Å². The van der Waals surface area contributed by atoms with Crippen LogP contribution < -0.4 is 5.32 Å². The number of amides is 1. The highest BCUT2D eigenvalue weighted by Crippen LogP contribution is 2.15. The van der Waals surface area contributed by atoms with Gasteiger partial charge in [0.2, 0.25) is 0 Å². The minimum atomic E-state index is 0.0306. The fourth-order valence-corrected chi connectivity index (χ4v) is 2.48. The lowest BCUT2D eigenvalue weighted by molar-refractivity contribution is 0.0946. The number of H-pyrrole nitrogens is 1. The first-order chi connectivity index (χ1) is 9.74. The fraction of sp³-hybridized carbons (Fsp3) is 0.471. The fourth-order valence-electron chi connectivity index (χ4n) is 2.48. The van der Waals surface area contributed by atoms with Crippen LogP contribution in [0.25, 0.3) is 10.9 Å². The van der Waals surface area contributed by atoms with Gasteiger partial charge >= 0.3 is 0 Å². The molecule has 0 bridgehead atoms. The standard InChI is InChI=1S/C17H24N2O/c1-3-5-6-13(4-2)12-19-17(20)15-7-8-16-14(11-15)9-10-18-16/h7-11,13,18H,3-6,12H2,1-2H3,(H,19,20). The van der Waals surface area contributed by atoms with Crippen LogP contribution in [-0.2, 0) is 0 Å². The maximum Gasteiger partial charge on any atom is 0.251 e. The van der Waals surface area contributed by atoms with Crippen molar-refractivity contribution in [1.29, 1.82) is 0 Å². The van der Waals surface area contributed by atoms with Crippen LogP contribution in [0.5, 0.6) is 0 Å². The average molecular weight is 272 g/mol. The van der Waals surface area contributed by atoms with E-state index in [-0.39, 0.29) is 5.91 Å². The molecule has 20 heavy (non-hydrogen) atoms. The smallest absolute Gasteiger partial charge is 0.251 e. The maximum absolute atomic E-state index is 12.2. The van der Waals surface area contributed by atoms with Crippen molar-refractivity contribution in [2.24, 2.45) is 5.92 Å². The summed E-state index contributed by atoms with van der Waals surface area (Å²) in [6.45, 7) is 5.18. The number of nitrogens with one attached hydrogen (secondary N) is 2. The lowest BCUT2D eigenvalue weighted by Gasteiger charge is -2.15. The van der Waals surface area contributed by atoms with Gasteiger partial charge in [0.25, 0.3) is 5.91 Å². The summed E-state index contributed by atoms with van der Waals surface area (Å²) in [4.78, 5) is 15.3. The van der Waals surface area contributed by atoms with E-state index in [0.29, 0.717) is 5.92 Å². The van der Waals surface area contributed by atoms with E-state index in [1.807, 2.05) is 30.5 Å². The van der Waals surface area contributed by atoms with Gasteiger partial charge in [0.05, 0.1) is 0 Å². The van der Waals surface area contributed by atoms with Crippen molar-refractivity contribution >= 4 is 16.8 Å². The van der Waals surface area contributed by atoms with Crippen molar-refractivity contribution < 1.29 is 4.79 Å². The monoisotopic (exact) mass is 272 g/mol. The van der Waals surface area contributed by atoms with E-state index in [2.05, 4.69) is 24.1 Å². The molecule has 0 aliphatic carbocycles. The van der Waals surface area contributed by atoms with Crippen molar-refractivity contribution in [2.45, 2.75) is 39.5 Å². The van der Waals surface area contributed by atoms with Crippen LogP contribution in [0.1, 0.15) is 49.9 Å². The summed E-state index contributed by atoms with van der Waals surface area (Å²) < 4.78 is 0. The minimum absolute atomic E-state index is 0.0306. The number of unbranched alkanes of at least 4 members (excludes halogenated alkanes) is 1. The number of aromatic amines is 1. The predicted molar refractivity (Wildman–Crippen MR) is 83.9 cm³/mol. The van der Waals surface area contributed by atoms with Crippen LogP contribution in [0.2, 0.25) is 0 Å². The van der Waals surface area contributed by atoms with Crippen molar-refractivity contribution in [3.05, 3.63) is 36.0 Å². The Balaban J connectivity index is 1.93. The van der Waals surface area contributed by atoms with E-state index in [9.17, 15) is 4.79 Å². The first-order valence-corrected chi connectivity index (χ1v) is 7.60. The molecule has 0 fully saturated rings. The van der Waals surface area contributed by atoms with E-state index in [1.165, 1.54) is 19.3 Å². The zero-order valence-corrected chi connectivity index (χ0v) is 12.4. The third kappa shape index (κ3) is 3.62. The Hall–Kier alpha value is -1.77. The lowest BCUT2D eigenvalue weighted by Crippen LogP contribution is -2.29. The molecule has 2 rings (SSSR count). The van der Waals surface area contributed by atoms with E-state index < -0.39 is 0 Å². The van der Waals surface area contributed by atoms with Gasteiger partial charge in [-0.2, -0.15) is 0 Å². The Labute approximate surface area is 120 Å². The van der Waals surface area contributed by atoms with Crippen molar-refractivity contribution in [1.82, 2.24) is 10.3 Å². The molecule has 1 unspecified atom stereocenters. The largest absolute Gasteiger partial charge is 0.361 e. The van der Waals surface area contributed by atoms with Crippen molar-refractivity contribution in [3.8, 4) is 0 Å². The van der Waals surface area contributed by atoms with Crippen LogP contribution in [0.3, 0.4) is 0 Å². The molecule has 1 aromatic carbocycles. The van der Waals surface area contributed by atoms with Crippen LogP contribution >= 0.6 is 0 Å². The van der Waals surface area contributed by atoms with Gasteiger partial charge in [-0.15, -0.1) is 0 Å². The Morgan fingerprint density at radius 3 is 2.90 bits per heavy atom. The van der Waals surface area contributed by atoms with Gasteiger partial charge in [0.1, 0.15) is 0 Å². The van der Waals surface area contributed by atoms with Crippen LogP contribution in [-0.4, -0.2) is 17.4 Å². The molecule has 3 heteroatoms. The van der Waals surface area contributed by atoms with E-state index in [4.69, 9.17) is 0 Å². The first kappa shape index (κ1) is 14.6. The summed E-state index contributed by atoms with van der Waals surface area (Å²) in [6, 6.07) is 7.76. The number of aromatic nitrogens is 1. The third-order valence-corrected chi connectivity index (χ3v) is 3.91. The highest BCUT2D eigenvalue weighted by atomic mass is 16.1. The second kappa shape index (κ2) is 7.13. The quantitative estimate of drug-likeness (QED) is 0.782. The summed E-state index contributed by atoms with van der Waals surface area (Å²) >= 11 is 0. The topological polar surface area (TPSA) is 44.9 Å². The van der Waals surface area contributed by atoms with Gasteiger partial charge in [-0.3, -0.25) is 4.79 Å². The lowest BCUT2D eigenvalue weighted by atomic mass is 9.99. The normalized spacial score (nSPS) is 12.5. The third-order valence-electron chi connectivity index (χ3n) is 3.91. The Bertz CT molecular complexity index is 559. The second-order valence-electron chi connectivity index (χ2n) is 5.41. The molecule has 2 N–H and O–H groups in total. The molecule has 108 valence electrons. The highest BCUT2D eigenvalue weighted by molar-refractivity contribution is 5.98. The summed E-state index contributed by atoms with van der Waals surface area (Å²) in [5.41, 5.74) is 1.80. The molecule has 1 heterocycles. The molecule has 0 aliphatic heterocycles. The first-order valence-electron chi connectivity index (χ1n) is 7.60. The minimum Gasteiger partial charge on any atom is -0.361 e. The van der Waals surface area contributed by atoms with Crippen molar-refractivity contribution in [2.75, 3.05) is 6.54 Å². The summed E-state index contributed by atoms with van der Waals surface area (Å²) in [5.74, 6) is 0.623. The van der Waals surface area contributed by atoms with Gasteiger partial charge in [-0.25, -0.2) is 0 Å². The molecule has 3 nitrogen and oxygen atoms in total. The number of carbonyl (C=O) groups is 1. The molecule has 2 aromatic rings. The molecule has 0 aliphatic rings. The van der Waals surface area contributed by atoms with Crippen LogP contribution in [0.15, 0.2) is 30.5 Å². The molecule has 1 atom stereocenters. The molecular weight excluding hydrogens is 248 g/mol. The highest BCUT2D eigenvalue weighted by Gasteiger charge is 2.10. The van der Waals surface area contributed by atoms with E-state index in [1.54, 1.807) is 0 Å². The van der Waals surface area contributed by atoms with E-state index in [0.717, 1.165) is 29.4 Å². The van der Waals surface area contributed by atoms with Gasteiger partial charge in [-0.05, 0) is 36.6 Å². The molecule has 0 saturated heterocycles. The molecule has 1 amide bonds.